The zero-order valence-electron chi connectivity index (χ0n) is 13.4. The molecule has 0 amide bonds. The van der Waals surface area contributed by atoms with E-state index in [1.807, 2.05) is 24.4 Å². The molecule has 0 fully saturated rings. The summed E-state index contributed by atoms with van der Waals surface area (Å²) in [4.78, 5) is 4.55. The van der Waals surface area contributed by atoms with Gasteiger partial charge in [0.1, 0.15) is 11.6 Å². The van der Waals surface area contributed by atoms with Crippen molar-refractivity contribution in [3.05, 3.63) is 30.5 Å². The van der Waals surface area contributed by atoms with E-state index in [0.717, 1.165) is 22.3 Å². The summed E-state index contributed by atoms with van der Waals surface area (Å²) in [5, 5.41) is 5.89. The van der Waals surface area contributed by atoms with Crippen molar-refractivity contribution in [3.8, 4) is 5.75 Å². The molecule has 3 heteroatoms. The molecule has 1 heterocycles. The number of pyridine rings is 1. The van der Waals surface area contributed by atoms with Gasteiger partial charge in [-0.3, -0.25) is 0 Å². The number of methoxy groups -OCH3 is 1. The number of anilines is 1. The standard InChI is InChI=1S/C18H26N2O/c1-4-6-9-14(8-5-2)20-18-16-10-7-11-17(21-3)15(16)12-13-19-18/h7,10-14H,4-6,8-9H2,1-3H3,(H,19,20). The summed E-state index contributed by atoms with van der Waals surface area (Å²) in [5.74, 6) is 1.87. The van der Waals surface area contributed by atoms with E-state index < -0.39 is 0 Å². The van der Waals surface area contributed by atoms with Crippen molar-refractivity contribution in [1.82, 2.24) is 4.98 Å². The van der Waals surface area contributed by atoms with Crippen molar-refractivity contribution < 1.29 is 4.74 Å². The number of aromatic nitrogens is 1. The lowest BCUT2D eigenvalue weighted by atomic mass is 10.0. The maximum atomic E-state index is 5.44. The fourth-order valence-electron chi connectivity index (χ4n) is 2.75. The Labute approximate surface area is 127 Å². The van der Waals surface area contributed by atoms with E-state index in [4.69, 9.17) is 4.74 Å². The maximum absolute atomic E-state index is 5.44. The summed E-state index contributed by atoms with van der Waals surface area (Å²) in [7, 11) is 1.71. The van der Waals surface area contributed by atoms with Gasteiger partial charge in [-0.05, 0) is 25.0 Å². The van der Waals surface area contributed by atoms with Gasteiger partial charge in [0, 0.05) is 23.0 Å². The van der Waals surface area contributed by atoms with Crippen LogP contribution in [-0.2, 0) is 0 Å². The number of hydrogen-bond acceptors (Lipinski definition) is 3. The molecule has 0 spiro atoms. The molecule has 0 saturated heterocycles. The summed E-state index contributed by atoms with van der Waals surface area (Å²) in [6.45, 7) is 4.48. The van der Waals surface area contributed by atoms with E-state index >= 15 is 0 Å². The van der Waals surface area contributed by atoms with Gasteiger partial charge in [-0.25, -0.2) is 4.98 Å². The first-order chi connectivity index (χ1) is 10.3. The van der Waals surface area contributed by atoms with Crippen molar-refractivity contribution >= 4 is 16.6 Å². The Bertz CT molecular complexity index is 568. The first-order valence-electron chi connectivity index (χ1n) is 7.98. The molecule has 0 saturated carbocycles. The third-order valence-electron chi connectivity index (χ3n) is 3.87. The second-order valence-corrected chi connectivity index (χ2v) is 5.49. The van der Waals surface area contributed by atoms with E-state index in [0.29, 0.717) is 6.04 Å². The Morgan fingerprint density at radius 1 is 1.10 bits per heavy atom. The summed E-state index contributed by atoms with van der Waals surface area (Å²) >= 11 is 0. The molecule has 0 bridgehead atoms. The number of benzene rings is 1. The maximum Gasteiger partial charge on any atom is 0.134 e. The predicted octanol–water partition coefficient (Wildman–Crippen LogP) is 5.01. The fourth-order valence-corrected chi connectivity index (χ4v) is 2.75. The quantitative estimate of drug-likeness (QED) is 0.740. The molecule has 0 aliphatic rings. The number of rotatable bonds is 8. The predicted molar refractivity (Wildman–Crippen MR) is 90.1 cm³/mol. The van der Waals surface area contributed by atoms with Gasteiger partial charge in [-0.2, -0.15) is 0 Å². The van der Waals surface area contributed by atoms with Crippen LogP contribution in [0.5, 0.6) is 5.75 Å². The highest BCUT2D eigenvalue weighted by atomic mass is 16.5. The van der Waals surface area contributed by atoms with Crippen molar-refractivity contribution in [3.63, 3.8) is 0 Å². The van der Waals surface area contributed by atoms with Crippen molar-refractivity contribution in [2.24, 2.45) is 0 Å². The second kappa shape index (κ2) is 7.87. The molecule has 3 nitrogen and oxygen atoms in total. The molecule has 1 unspecified atom stereocenters. The molecule has 21 heavy (non-hydrogen) atoms. The second-order valence-electron chi connectivity index (χ2n) is 5.49. The first kappa shape index (κ1) is 15.6. The molecule has 2 aromatic rings. The molecular weight excluding hydrogens is 260 g/mol. The van der Waals surface area contributed by atoms with Crippen LogP contribution in [0.4, 0.5) is 5.82 Å². The lowest BCUT2D eigenvalue weighted by Gasteiger charge is -2.20. The normalized spacial score (nSPS) is 12.3. The number of fused-ring (bicyclic) bond motifs is 1. The Morgan fingerprint density at radius 2 is 1.95 bits per heavy atom. The van der Waals surface area contributed by atoms with E-state index in [1.165, 1.54) is 32.1 Å². The van der Waals surface area contributed by atoms with Crippen molar-refractivity contribution in [2.45, 2.75) is 52.0 Å². The number of ether oxygens (including phenoxy) is 1. The van der Waals surface area contributed by atoms with Crippen LogP contribution in [0, 0.1) is 0 Å². The van der Waals surface area contributed by atoms with Crippen molar-refractivity contribution in [1.29, 1.82) is 0 Å². The lowest BCUT2D eigenvalue weighted by Crippen LogP contribution is -2.20. The van der Waals surface area contributed by atoms with Gasteiger partial charge in [0.25, 0.3) is 0 Å². The minimum Gasteiger partial charge on any atom is -0.496 e. The molecule has 2 rings (SSSR count). The average molecular weight is 286 g/mol. The van der Waals surface area contributed by atoms with Gasteiger partial charge in [0.05, 0.1) is 7.11 Å². The van der Waals surface area contributed by atoms with Gasteiger partial charge in [-0.15, -0.1) is 0 Å². The summed E-state index contributed by atoms with van der Waals surface area (Å²) < 4.78 is 5.44. The molecule has 114 valence electrons. The van der Waals surface area contributed by atoms with Crippen LogP contribution >= 0.6 is 0 Å². The van der Waals surface area contributed by atoms with Crippen LogP contribution in [0.2, 0.25) is 0 Å². The van der Waals surface area contributed by atoms with E-state index in [-0.39, 0.29) is 0 Å². The fraction of sp³-hybridized carbons (Fsp3) is 0.500. The van der Waals surface area contributed by atoms with Gasteiger partial charge in [0.15, 0.2) is 0 Å². The minimum atomic E-state index is 0.499. The monoisotopic (exact) mass is 286 g/mol. The third kappa shape index (κ3) is 3.87. The SMILES string of the molecule is CCCCC(CCC)Nc1nccc2c(OC)cccc12. The largest absolute Gasteiger partial charge is 0.496 e. The van der Waals surface area contributed by atoms with Gasteiger partial charge < -0.3 is 10.1 Å². The Balaban J connectivity index is 2.28. The topological polar surface area (TPSA) is 34.2 Å². The zero-order valence-corrected chi connectivity index (χ0v) is 13.4. The van der Waals surface area contributed by atoms with E-state index in [1.54, 1.807) is 7.11 Å². The van der Waals surface area contributed by atoms with E-state index in [2.05, 4.69) is 30.2 Å². The number of hydrogen-bond donors (Lipinski definition) is 1. The number of nitrogens with one attached hydrogen (secondary N) is 1. The molecule has 0 aliphatic carbocycles. The van der Waals surface area contributed by atoms with Crippen molar-refractivity contribution in [2.75, 3.05) is 12.4 Å². The van der Waals surface area contributed by atoms with E-state index in [9.17, 15) is 0 Å². The first-order valence-corrected chi connectivity index (χ1v) is 7.98. The van der Waals surface area contributed by atoms with Crippen LogP contribution in [0.3, 0.4) is 0 Å². The summed E-state index contributed by atoms with van der Waals surface area (Å²) in [5.41, 5.74) is 0. The molecule has 1 N–H and O–H groups in total. The highest BCUT2D eigenvalue weighted by Gasteiger charge is 2.11. The molecular formula is C18H26N2O. The number of unbranched alkanes of at least 4 members (excludes halogenated alkanes) is 1. The smallest absolute Gasteiger partial charge is 0.134 e. The van der Waals surface area contributed by atoms with Crippen LogP contribution in [0.15, 0.2) is 30.5 Å². The molecule has 0 radical (unpaired) electrons. The average Bonchev–Trinajstić information content (AvgIpc) is 2.52. The van der Waals surface area contributed by atoms with Crippen LogP contribution in [-0.4, -0.2) is 18.1 Å². The summed E-state index contributed by atoms with van der Waals surface area (Å²) in [6.07, 6.45) is 7.92. The molecule has 1 atom stereocenters. The van der Waals surface area contributed by atoms with Crippen LogP contribution < -0.4 is 10.1 Å². The Morgan fingerprint density at radius 3 is 2.67 bits per heavy atom. The highest BCUT2D eigenvalue weighted by Crippen LogP contribution is 2.29. The molecule has 1 aromatic heterocycles. The van der Waals surface area contributed by atoms with Crippen LogP contribution in [0.1, 0.15) is 46.0 Å². The summed E-state index contributed by atoms with van der Waals surface area (Å²) in [6, 6.07) is 8.64. The highest BCUT2D eigenvalue weighted by molar-refractivity contribution is 5.95. The third-order valence-corrected chi connectivity index (χ3v) is 3.87. The zero-order chi connectivity index (χ0) is 15.1. The number of nitrogens with zero attached hydrogens (tertiary/aromatic N) is 1. The minimum absolute atomic E-state index is 0.499. The molecule has 1 aromatic carbocycles. The Hall–Kier alpha value is -1.77. The van der Waals surface area contributed by atoms with Gasteiger partial charge >= 0.3 is 0 Å². The lowest BCUT2D eigenvalue weighted by molar-refractivity contribution is 0.420. The van der Waals surface area contributed by atoms with Gasteiger partial charge in [-0.1, -0.05) is 45.2 Å². The van der Waals surface area contributed by atoms with Gasteiger partial charge in [0.2, 0.25) is 0 Å². The van der Waals surface area contributed by atoms with Crippen LogP contribution in [0.25, 0.3) is 10.8 Å². The Kier molecular flexibility index (Phi) is 5.85. The molecule has 0 aliphatic heterocycles.